The molecule has 1 rings (SSSR count). The maximum Gasteiger partial charge on any atom is 0.243 e. The summed E-state index contributed by atoms with van der Waals surface area (Å²) in [5.41, 5.74) is 5.99. The maximum absolute atomic E-state index is 12.6. The Morgan fingerprint density at radius 1 is 1.29 bits per heavy atom. The molecule has 1 aromatic carbocycles. The zero-order chi connectivity index (χ0) is 16.0. The fourth-order valence-corrected chi connectivity index (χ4v) is 3.54. The molecule has 5 heteroatoms. The monoisotopic (exact) mass is 308 g/mol. The second-order valence-corrected chi connectivity index (χ2v) is 7.53. The van der Waals surface area contributed by atoms with E-state index >= 15 is 0 Å². The fraction of sp³-hybridized carbons (Fsp3) is 0.500. The van der Waals surface area contributed by atoms with Crippen molar-refractivity contribution in [1.29, 1.82) is 0 Å². The second kappa shape index (κ2) is 7.60. The Morgan fingerprint density at radius 3 is 2.52 bits per heavy atom. The summed E-state index contributed by atoms with van der Waals surface area (Å²) >= 11 is 0. The molecule has 0 fully saturated rings. The van der Waals surface area contributed by atoms with E-state index in [2.05, 4.69) is 25.7 Å². The van der Waals surface area contributed by atoms with E-state index in [1.54, 1.807) is 31.3 Å². The minimum Gasteiger partial charge on any atom is -0.320 e. The van der Waals surface area contributed by atoms with Crippen LogP contribution in [0.4, 0.5) is 0 Å². The lowest BCUT2D eigenvalue weighted by Gasteiger charge is -2.25. The van der Waals surface area contributed by atoms with Gasteiger partial charge in [-0.25, -0.2) is 8.42 Å². The van der Waals surface area contributed by atoms with E-state index in [4.69, 9.17) is 5.73 Å². The molecule has 4 nitrogen and oxygen atoms in total. The number of nitrogens with zero attached hydrogens (tertiary/aromatic N) is 1. The quantitative estimate of drug-likeness (QED) is 0.847. The SMILES string of the molecule is CC(C)CC(C)N(C)S(=O)(=O)c1cccc(C#CCN)c1. The van der Waals surface area contributed by atoms with Crippen molar-refractivity contribution in [2.75, 3.05) is 13.6 Å². The van der Waals surface area contributed by atoms with Gasteiger partial charge in [-0.05, 0) is 37.5 Å². The van der Waals surface area contributed by atoms with Crippen molar-refractivity contribution in [2.24, 2.45) is 11.7 Å². The van der Waals surface area contributed by atoms with Gasteiger partial charge in [0.2, 0.25) is 10.0 Å². The van der Waals surface area contributed by atoms with Gasteiger partial charge in [0.1, 0.15) is 0 Å². The molecule has 0 aliphatic carbocycles. The third-order valence-corrected chi connectivity index (χ3v) is 5.25. The van der Waals surface area contributed by atoms with Gasteiger partial charge in [-0.1, -0.05) is 31.8 Å². The lowest BCUT2D eigenvalue weighted by atomic mass is 10.1. The largest absolute Gasteiger partial charge is 0.320 e. The van der Waals surface area contributed by atoms with Gasteiger partial charge in [-0.2, -0.15) is 4.31 Å². The highest BCUT2D eigenvalue weighted by atomic mass is 32.2. The summed E-state index contributed by atoms with van der Waals surface area (Å²) in [6.07, 6.45) is 0.822. The summed E-state index contributed by atoms with van der Waals surface area (Å²) in [7, 11) is -1.87. The minimum atomic E-state index is -3.50. The van der Waals surface area contributed by atoms with Crippen molar-refractivity contribution in [3.05, 3.63) is 29.8 Å². The number of nitrogens with two attached hydrogens (primary N) is 1. The molecule has 116 valence electrons. The van der Waals surface area contributed by atoms with Crippen LogP contribution in [0.2, 0.25) is 0 Å². The van der Waals surface area contributed by atoms with E-state index in [1.165, 1.54) is 4.31 Å². The Hall–Kier alpha value is -1.35. The second-order valence-electron chi connectivity index (χ2n) is 5.53. The molecular formula is C16H24N2O2S. The Labute approximate surface area is 128 Å². The summed E-state index contributed by atoms with van der Waals surface area (Å²) < 4.78 is 26.7. The van der Waals surface area contributed by atoms with Crippen molar-refractivity contribution >= 4 is 10.0 Å². The Balaban J connectivity index is 3.07. The van der Waals surface area contributed by atoms with Crippen molar-refractivity contribution in [3.8, 4) is 11.8 Å². The number of hydrogen-bond donors (Lipinski definition) is 1. The average molecular weight is 308 g/mol. The van der Waals surface area contributed by atoms with Gasteiger partial charge >= 0.3 is 0 Å². The number of benzene rings is 1. The summed E-state index contributed by atoms with van der Waals surface area (Å²) in [6, 6.07) is 6.62. The molecule has 0 amide bonds. The summed E-state index contributed by atoms with van der Waals surface area (Å²) in [5.74, 6) is 6.03. The standard InChI is InChI=1S/C16H24N2O2S/c1-13(2)11-14(3)18(4)21(19,20)16-9-5-7-15(12-16)8-6-10-17/h5,7,9,12-14H,10-11,17H2,1-4H3. The fourth-order valence-electron chi connectivity index (χ4n) is 2.12. The number of rotatable bonds is 5. The van der Waals surface area contributed by atoms with Crippen molar-refractivity contribution in [1.82, 2.24) is 4.31 Å². The number of hydrogen-bond acceptors (Lipinski definition) is 3. The Bertz CT molecular complexity index is 627. The molecular weight excluding hydrogens is 284 g/mol. The van der Waals surface area contributed by atoms with Crippen molar-refractivity contribution < 1.29 is 8.42 Å². The van der Waals surface area contributed by atoms with Gasteiger partial charge in [0.25, 0.3) is 0 Å². The van der Waals surface area contributed by atoms with E-state index in [0.717, 1.165) is 6.42 Å². The predicted octanol–water partition coefficient (Wildman–Crippen LogP) is 2.05. The van der Waals surface area contributed by atoms with Crippen LogP contribution in [0.5, 0.6) is 0 Å². The lowest BCUT2D eigenvalue weighted by molar-refractivity contribution is 0.338. The molecule has 0 heterocycles. The van der Waals surface area contributed by atoms with Crippen LogP contribution in [0, 0.1) is 17.8 Å². The van der Waals surface area contributed by atoms with Gasteiger partial charge in [0.05, 0.1) is 11.4 Å². The van der Waals surface area contributed by atoms with E-state index in [-0.39, 0.29) is 17.5 Å². The minimum absolute atomic E-state index is 0.0474. The van der Waals surface area contributed by atoms with Gasteiger partial charge in [0.15, 0.2) is 0 Å². The van der Waals surface area contributed by atoms with Crippen LogP contribution in [0.25, 0.3) is 0 Å². The molecule has 0 aliphatic rings. The van der Waals surface area contributed by atoms with E-state index in [0.29, 0.717) is 11.5 Å². The van der Waals surface area contributed by atoms with Gasteiger partial charge in [-0.15, -0.1) is 0 Å². The van der Waals surface area contributed by atoms with Crippen LogP contribution in [-0.4, -0.2) is 32.4 Å². The molecule has 1 atom stereocenters. The van der Waals surface area contributed by atoms with Crippen LogP contribution in [0.1, 0.15) is 32.8 Å². The average Bonchev–Trinajstić information content (AvgIpc) is 2.43. The smallest absolute Gasteiger partial charge is 0.243 e. The summed E-state index contributed by atoms with van der Waals surface area (Å²) in [6.45, 7) is 6.35. The van der Waals surface area contributed by atoms with Crippen molar-refractivity contribution in [2.45, 2.75) is 38.1 Å². The van der Waals surface area contributed by atoms with Crippen LogP contribution >= 0.6 is 0 Å². The first-order valence-electron chi connectivity index (χ1n) is 7.06. The molecule has 1 unspecified atom stereocenters. The highest BCUT2D eigenvalue weighted by Gasteiger charge is 2.25. The van der Waals surface area contributed by atoms with Crippen LogP contribution in [0.15, 0.2) is 29.2 Å². The molecule has 0 aliphatic heterocycles. The molecule has 0 aromatic heterocycles. The molecule has 0 bridgehead atoms. The first-order chi connectivity index (χ1) is 9.78. The Morgan fingerprint density at radius 2 is 1.95 bits per heavy atom. The van der Waals surface area contributed by atoms with Gasteiger partial charge in [0, 0.05) is 18.7 Å². The zero-order valence-corrected chi connectivity index (χ0v) is 13.9. The first kappa shape index (κ1) is 17.7. The van der Waals surface area contributed by atoms with E-state index < -0.39 is 10.0 Å². The molecule has 0 saturated heterocycles. The highest BCUT2D eigenvalue weighted by Crippen LogP contribution is 2.20. The van der Waals surface area contributed by atoms with E-state index in [9.17, 15) is 8.42 Å². The molecule has 2 N–H and O–H groups in total. The van der Waals surface area contributed by atoms with Crippen molar-refractivity contribution in [3.63, 3.8) is 0 Å². The maximum atomic E-state index is 12.6. The highest BCUT2D eigenvalue weighted by molar-refractivity contribution is 7.89. The van der Waals surface area contributed by atoms with Gasteiger partial charge < -0.3 is 5.73 Å². The molecule has 0 spiro atoms. The molecule has 21 heavy (non-hydrogen) atoms. The third kappa shape index (κ3) is 4.85. The molecule has 1 aromatic rings. The van der Waals surface area contributed by atoms with E-state index in [1.807, 2.05) is 6.92 Å². The lowest BCUT2D eigenvalue weighted by Crippen LogP contribution is -2.35. The van der Waals surface area contributed by atoms with Crippen LogP contribution in [0.3, 0.4) is 0 Å². The predicted molar refractivity (Wildman–Crippen MR) is 86.2 cm³/mol. The zero-order valence-electron chi connectivity index (χ0n) is 13.1. The molecule has 0 radical (unpaired) electrons. The summed E-state index contributed by atoms with van der Waals surface area (Å²) in [4.78, 5) is 0.268. The first-order valence-corrected chi connectivity index (χ1v) is 8.50. The third-order valence-electron chi connectivity index (χ3n) is 3.28. The van der Waals surface area contributed by atoms with Gasteiger partial charge in [-0.3, -0.25) is 0 Å². The normalized spacial score (nSPS) is 13.1. The Kier molecular flexibility index (Phi) is 6.41. The number of sulfonamides is 1. The topological polar surface area (TPSA) is 63.4 Å². The van der Waals surface area contributed by atoms with Crippen LogP contribution in [-0.2, 0) is 10.0 Å². The summed E-state index contributed by atoms with van der Waals surface area (Å²) in [5, 5.41) is 0. The molecule has 0 saturated carbocycles. The van der Waals surface area contributed by atoms with Crippen LogP contribution < -0.4 is 5.73 Å².